The van der Waals surface area contributed by atoms with Gasteiger partial charge in [-0.25, -0.2) is 0 Å². The Balaban J connectivity index is 1.62. The van der Waals surface area contributed by atoms with E-state index in [4.69, 9.17) is 0 Å². The summed E-state index contributed by atoms with van der Waals surface area (Å²) in [5.41, 5.74) is 0. The van der Waals surface area contributed by atoms with Crippen LogP contribution in [0.4, 0.5) is 0 Å². The summed E-state index contributed by atoms with van der Waals surface area (Å²) in [6.07, 6.45) is 11.2. The molecule has 1 aliphatic rings. The maximum atomic E-state index is 3.45. The zero-order chi connectivity index (χ0) is 10.8. The number of hydrogen-bond acceptors (Lipinski definition) is 2. The molecule has 2 heteroatoms. The summed E-state index contributed by atoms with van der Waals surface area (Å²) in [6.45, 7) is 5.62. The third-order valence-corrected chi connectivity index (χ3v) is 3.12. The van der Waals surface area contributed by atoms with E-state index in [0.29, 0.717) is 0 Å². The van der Waals surface area contributed by atoms with Crippen LogP contribution in [0.3, 0.4) is 0 Å². The molecule has 0 heterocycles. The zero-order valence-electron chi connectivity index (χ0n) is 10.4. The van der Waals surface area contributed by atoms with Gasteiger partial charge in [-0.3, -0.25) is 0 Å². The molecular weight excluding hydrogens is 184 g/mol. The molecule has 2 N–H and O–H groups in total. The van der Waals surface area contributed by atoms with E-state index < -0.39 is 0 Å². The molecular formula is C13H28N2. The van der Waals surface area contributed by atoms with Crippen molar-refractivity contribution in [3.05, 3.63) is 0 Å². The first-order valence-corrected chi connectivity index (χ1v) is 6.85. The number of nitrogens with one attached hydrogen (secondary N) is 2. The fourth-order valence-electron chi connectivity index (χ4n) is 1.86. The fraction of sp³-hybridized carbons (Fsp3) is 1.00. The summed E-state index contributed by atoms with van der Waals surface area (Å²) in [5.74, 6) is 1.09. The smallest absolute Gasteiger partial charge is 0.0454 e. The van der Waals surface area contributed by atoms with E-state index in [9.17, 15) is 0 Å². The van der Waals surface area contributed by atoms with E-state index in [2.05, 4.69) is 17.6 Å². The van der Waals surface area contributed by atoms with Crippen LogP contribution in [0.25, 0.3) is 0 Å². The largest absolute Gasteiger partial charge is 0.304 e. The molecule has 90 valence electrons. The topological polar surface area (TPSA) is 24.1 Å². The van der Waals surface area contributed by atoms with Crippen molar-refractivity contribution in [2.45, 2.75) is 58.3 Å². The average Bonchev–Trinajstić information content (AvgIpc) is 3.05. The summed E-state index contributed by atoms with van der Waals surface area (Å²) < 4.78 is 0. The third kappa shape index (κ3) is 8.88. The summed E-state index contributed by atoms with van der Waals surface area (Å²) in [4.78, 5) is 0. The summed E-state index contributed by atoms with van der Waals surface area (Å²) in [5, 5.41) is 6.89. The van der Waals surface area contributed by atoms with Gasteiger partial charge in [0.2, 0.25) is 0 Å². The van der Waals surface area contributed by atoms with Gasteiger partial charge in [-0.1, -0.05) is 39.0 Å². The SMILES string of the molecule is CCCCCCNCNCCCC1CC1. The second kappa shape index (κ2) is 9.17. The maximum Gasteiger partial charge on any atom is 0.0454 e. The Kier molecular flexibility index (Phi) is 7.94. The average molecular weight is 212 g/mol. The molecule has 0 saturated heterocycles. The maximum absolute atomic E-state index is 3.45. The van der Waals surface area contributed by atoms with Crippen molar-refractivity contribution in [1.82, 2.24) is 10.6 Å². The third-order valence-electron chi connectivity index (χ3n) is 3.12. The number of hydrogen-bond donors (Lipinski definition) is 2. The minimum Gasteiger partial charge on any atom is -0.304 e. The van der Waals surface area contributed by atoms with Crippen LogP contribution in [0.2, 0.25) is 0 Å². The lowest BCUT2D eigenvalue weighted by molar-refractivity contribution is 0.529. The van der Waals surface area contributed by atoms with Crippen molar-refractivity contribution in [3.63, 3.8) is 0 Å². The summed E-state index contributed by atoms with van der Waals surface area (Å²) in [6, 6.07) is 0. The molecule has 0 amide bonds. The van der Waals surface area contributed by atoms with Gasteiger partial charge in [-0.15, -0.1) is 0 Å². The van der Waals surface area contributed by atoms with Gasteiger partial charge in [0.05, 0.1) is 0 Å². The molecule has 0 aromatic rings. The minimum absolute atomic E-state index is 0.997. The van der Waals surface area contributed by atoms with Crippen LogP contribution in [-0.2, 0) is 0 Å². The first-order valence-electron chi connectivity index (χ1n) is 6.85. The van der Waals surface area contributed by atoms with Crippen molar-refractivity contribution in [2.75, 3.05) is 19.8 Å². The molecule has 1 aliphatic carbocycles. The lowest BCUT2D eigenvalue weighted by Gasteiger charge is -2.06. The lowest BCUT2D eigenvalue weighted by Crippen LogP contribution is -2.30. The summed E-state index contributed by atoms with van der Waals surface area (Å²) >= 11 is 0. The molecule has 1 rings (SSSR count). The highest BCUT2D eigenvalue weighted by atomic mass is 15.0. The molecule has 0 unspecified atom stereocenters. The van der Waals surface area contributed by atoms with Crippen LogP contribution in [-0.4, -0.2) is 19.8 Å². The Morgan fingerprint density at radius 3 is 2.33 bits per heavy atom. The van der Waals surface area contributed by atoms with Gasteiger partial charge in [0.25, 0.3) is 0 Å². The van der Waals surface area contributed by atoms with Gasteiger partial charge in [0.1, 0.15) is 0 Å². The van der Waals surface area contributed by atoms with Crippen molar-refractivity contribution >= 4 is 0 Å². The van der Waals surface area contributed by atoms with Crippen LogP contribution in [0, 0.1) is 5.92 Å². The molecule has 15 heavy (non-hydrogen) atoms. The molecule has 0 aliphatic heterocycles. The number of unbranched alkanes of at least 4 members (excludes halogenated alkanes) is 3. The fourth-order valence-corrected chi connectivity index (χ4v) is 1.86. The first-order chi connectivity index (χ1) is 7.43. The van der Waals surface area contributed by atoms with Crippen molar-refractivity contribution in [3.8, 4) is 0 Å². The van der Waals surface area contributed by atoms with Gasteiger partial charge in [-0.2, -0.15) is 0 Å². The van der Waals surface area contributed by atoms with Gasteiger partial charge >= 0.3 is 0 Å². The van der Waals surface area contributed by atoms with Gasteiger partial charge in [0.15, 0.2) is 0 Å². The van der Waals surface area contributed by atoms with E-state index in [1.807, 2.05) is 0 Å². The predicted molar refractivity (Wildman–Crippen MR) is 67.0 cm³/mol. The van der Waals surface area contributed by atoms with Crippen molar-refractivity contribution in [2.24, 2.45) is 5.92 Å². The quantitative estimate of drug-likeness (QED) is 0.406. The monoisotopic (exact) mass is 212 g/mol. The Bertz CT molecular complexity index is 132. The molecule has 1 saturated carbocycles. The normalized spacial score (nSPS) is 15.8. The highest BCUT2D eigenvalue weighted by Crippen LogP contribution is 2.33. The molecule has 0 bridgehead atoms. The van der Waals surface area contributed by atoms with Gasteiger partial charge in [0, 0.05) is 6.67 Å². The summed E-state index contributed by atoms with van der Waals surface area (Å²) in [7, 11) is 0. The van der Waals surface area contributed by atoms with Crippen LogP contribution in [0.1, 0.15) is 58.3 Å². The van der Waals surface area contributed by atoms with Crippen molar-refractivity contribution in [1.29, 1.82) is 0 Å². The van der Waals surface area contributed by atoms with Crippen LogP contribution < -0.4 is 10.6 Å². The van der Waals surface area contributed by atoms with E-state index in [-0.39, 0.29) is 0 Å². The van der Waals surface area contributed by atoms with Crippen molar-refractivity contribution < 1.29 is 0 Å². The second-order valence-corrected chi connectivity index (χ2v) is 4.82. The van der Waals surface area contributed by atoms with E-state index in [1.165, 1.54) is 64.5 Å². The van der Waals surface area contributed by atoms with E-state index in [0.717, 1.165) is 12.6 Å². The molecule has 2 nitrogen and oxygen atoms in total. The Morgan fingerprint density at radius 1 is 0.933 bits per heavy atom. The molecule has 0 aromatic carbocycles. The highest BCUT2D eigenvalue weighted by Gasteiger charge is 2.19. The van der Waals surface area contributed by atoms with E-state index >= 15 is 0 Å². The molecule has 0 atom stereocenters. The lowest BCUT2D eigenvalue weighted by atomic mass is 10.2. The molecule has 0 aromatic heterocycles. The number of rotatable bonds is 11. The zero-order valence-corrected chi connectivity index (χ0v) is 10.4. The minimum atomic E-state index is 0.997. The predicted octanol–water partition coefficient (Wildman–Crippen LogP) is 2.89. The molecule has 0 spiro atoms. The Labute approximate surface area is 95.2 Å². The van der Waals surface area contributed by atoms with Crippen LogP contribution in [0.15, 0.2) is 0 Å². The van der Waals surface area contributed by atoms with Gasteiger partial charge < -0.3 is 10.6 Å². The molecule has 1 fully saturated rings. The highest BCUT2D eigenvalue weighted by molar-refractivity contribution is 4.72. The first kappa shape index (κ1) is 13.0. The van der Waals surface area contributed by atoms with Crippen LogP contribution in [0.5, 0.6) is 0 Å². The Hall–Kier alpha value is -0.0800. The molecule has 0 radical (unpaired) electrons. The Morgan fingerprint density at radius 2 is 1.67 bits per heavy atom. The van der Waals surface area contributed by atoms with Gasteiger partial charge in [-0.05, 0) is 38.3 Å². The second-order valence-electron chi connectivity index (χ2n) is 4.82. The standard InChI is InChI=1S/C13H28N2/c1-2-3-4-5-10-14-12-15-11-6-7-13-8-9-13/h13-15H,2-12H2,1H3. The van der Waals surface area contributed by atoms with E-state index in [1.54, 1.807) is 0 Å². The van der Waals surface area contributed by atoms with Crippen LogP contribution >= 0.6 is 0 Å².